The second-order valence-electron chi connectivity index (χ2n) is 8.26. The highest BCUT2D eigenvalue weighted by Crippen LogP contribution is 2.33. The van der Waals surface area contributed by atoms with E-state index in [1.54, 1.807) is 6.92 Å². The van der Waals surface area contributed by atoms with Crippen LogP contribution in [-0.2, 0) is 4.79 Å². The Balaban J connectivity index is 1.73. The van der Waals surface area contributed by atoms with Crippen LogP contribution in [0.25, 0.3) is 10.9 Å². The molecule has 4 rings (SSSR count). The molecule has 0 spiro atoms. The van der Waals surface area contributed by atoms with E-state index in [1.807, 2.05) is 19.1 Å². The van der Waals surface area contributed by atoms with Crippen molar-refractivity contribution in [1.29, 1.82) is 0 Å². The van der Waals surface area contributed by atoms with E-state index in [1.165, 1.54) is 0 Å². The first-order chi connectivity index (χ1) is 15.2. The maximum absolute atomic E-state index is 11.9. The number of likely N-dealkylation sites (N-methyl/N-ethyl adjacent to an activating group) is 1. The average Bonchev–Trinajstić information content (AvgIpc) is 3.33. The molecule has 0 unspecified atom stereocenters. The van der Waals surface area contributed by atoms with Gasteiger partial charge in [0.25, 0.3) is 5.91 Å². The van der Waals surface area contributed by atoms with Crippen molar-refractivity contribution in [1.82, 2.24) is 24.6 Å². The van der Waals surface area contributed by atoms with Crippen molar-refractivity contribution in [2.24, 2.45) is 11.5 Å². The predicted molar refractivity (Wildman–Crippen MR) is 122 cm³/mol. The van der Waals surface area contributed by atoms with Crippen molar-refractivity contribution in [2.45, 2.75) is 32.4 Å². The molecular weight excluding hydrogens is 410 g/mol. The number of rotatable bonds is 7. The summed E-state index contributed by atoms with van der Waals surface area (Å²) >= 11 is 0. The van der Waals surface area contributed by atoms with Gasteiger partial charge in [-0.25, -0.2) is 0 Å². The third-order valence-electron chi connectivity index (χ3n) is 5.69. The SMILES string of the molecule is Cc1cc(Nc2nc(N[C@H](C)C(N)=O)nnc2C(N)=O)c2ccn([C@@H]3CCN(C)C3)c2c1. The summed E-state index contributed by atoms with van der Waals surface area (Å²) in [6.07, 6.45) is 3.18. The second kappa shape index (κ2) is 8.42. The zero-order valence-corrected chi connectivity index (χ0v) is 18.3. The summed E-state index contributed by atoms with van der Waals surface area (Å²) in [6, 6.07) is 5.85. The van der Waals surface area contributed by atoms with E-state index in [0.717, 1.165) is 41.7 Å². The smallest absolute Gasteiger partial charge is 0.273 e. The molecule has 32 heavy (non-hydrogen) atoms. The van der Waals surface area contributed by atoms with Crippen LogP contribution < -0.4 is 22.1 Å². The topological polar surface area (TPSA) is 157 Å². The minimum Gasteiger partial charge on any atom is -0.368 e. The number of hydrogen-bond acceptors (Lipinski definition) is 8. The number of primary amides is 2. The molecule has 1 aliphatic heterocycles. The van der Waals surface area contributed by atoms with Crippen LogP contribution in [0.4, 0.5) is 17.5 Å². The van der Waals surface area contributed by atoms with Gasteiger partial charge in [0.05, 0.1) is 5.52 Å². The van der Waals surface area contributed by atoms with Crippen LogP contribution in [0, 0.1) is 6.92 Å². The molecule has 11 nitrogen and oxygen atoms in total. The van der Waals surface area contributed by atoms with Crippen LogP contribution in [0.2, 0.25) is 0 Å². The summed E-state index contributed by atoms with van der Waals surface area (Å²) in [7, 11) is 2.13. The Morgan fingerprint density at radius 3 is 2.69 bits per heavy atom. The molecule has 2 amide bonds. The predicted octanol–water partition coefficient (Wildman–Crippen LogP) is 1.14. The van der Waals surface area contributed by atoms with Gasteiger partial charge in [0, 0.05) is 29.9 Å². The summed E-state index contributed by atoms with van der Waals surface area (Å²) in [5.41, 5.74) is 13.6. The number of nitrogens with zero attached hydrogens (tertiary/aromatic N) is 5. The second-order valence-corrected chi connectivity index (χ2v) is 8.26. The summed E-state index contributed by atoms with van der Waals surface area (Å²) < 4.78 is 2.30. The summed E-state index contributed by atoms with van der Waals surface area (Å²) in [6.45, 7) is 5.65. The van der Waals surface area contributed by atoms with Crippen LogP contribution in [0.5, 0.6) is 0 Å². The molecule has 11 heteroatoms. The number of carbonyl (C=O) groups excluding carboxylic acids is 2. The van der Waals surface area contributed by atoms with Gasteiger partial charge in [-0.15, -0.1) is 10.2 Å². The zero-order chi connectivity index (χ0) is 23.0. The fourth-order valence-electron chi connectivity index (χ4n) is 4.00. The Labute approximate surface area is 185 Å². The molecule has 3 heterocycles. The Kier molecular flexibility index (Phi) is 5.66. The van der Waals surface area contributed by atoms with Gasteiger partial charge in [0.2, 0.25) is 11.9 Å². The number of fused-ring (bicyclic) bond motifs is 1. The highest BCUT2D eigenvalue weighted by Gasteiger charge is 2.23. The van der Waals surface area contributed by atoms with E-state index >= 15 is 0 Å². The van der Waals surface area contributed by atoms with E-state index in [9.17, 15) is 9.59 Å². The molecule has 168 valence electrons. The third-order valence-corrected chi connectivity index (χ3v) is 5.69. The summed E-state index contributed by atoms with van der Waals surface area (Å²) in [5, 5.41) is 14.7. The number of carbonyl (C=O) groups is 2. The van der Waals surface area contributed by atoms with Gasteiger partial charge in [0.15, 0.2) is 11.5 Å². The van der Waals surface area contributed by atoms with E-state index in [-0.39, 0.29) is 17.5 Å². The van der Waals surface area contributed by atoms with Crippen LogP contribution in [-0.4, -0.2) is 62.6 Å². The number of anilines is 3. The molecule has 2 atom stereocenters. The number of benzene rings is 1. The fourth-order valence-corrected chi connectivity index (χ4v) is 4.00. The number of nitrogens with one attached hydrogen (secondary N) is 2. The van der Waals surface area contributed by atoms with Gasteiger partial charge in [-0.2, -0.15) is 4.98 Å². The van der Waals surface area contributed by atoms with E-state index < -0.39 is 17.9 Å². The number of aryl methyl sites for hydroxylation is 1. The maximum Gasteiger partial charge on any atom is 0.273 e. The Bertz CT molecular complexity index is 1190. The molecule has 0 radical (unpaired) electrons. The normalized spacial score (nSPS) is 17.4. The van der Waals surface area contributed by atoms with E-state index in [4.69, 9.17) is 11.5 Å². The molecule has 0 bridgehead atoms. The van der Waals surface area contributed by atoms with E-state index in [0.29, 0.717) is 6.04 Å². The lowest BCUT2D eigenvalue weighted by atomic mass is 10.1. The lowest BCUT2D eigenvalue weighted by Gasteiger charge is -2.16. The molecule has 0 aliphatic carbocycles. The highest BCUT2D eigenvalue weighted by molar-refractivity contribution is 5.99. The largest absolute Gasteiger partial charge is 0.368 e. The van der Waals surface area contributed by atoms with Crippen LogP contribution in [0.15, 0.2) is 24.4 Å². The van der Waals surface area contributed by atoms with Crippen LogP contribution >= 0.6 is 0 Å². The van der Waals surface area contributed by atoms with Gasteiger partial charge < -0.3 is 31.6 Å². The average molecular weight is 438 g/mol. The molecule has 1 fully saturated rings. The highest BCUT2D eigenvalue weighted by atomic mass is 16.1. The molecule has 2 aromatic heterocycles. The molecule has 0 saturated carbocycles. The van der Waals surface area contributed by atoms with Crippen LogP contribution in [0.1, 0.15) is 35.4 Å². The number of nitrogens with two attached hydrogens (primary N) is 2. The minimum atomic E-state index is -0.766. The fraction of sp³-hybridized carbons (Fsp3) is 0.381. The quantitative estimate of drug-likeness (QED) is 0.428. The number of amides is 2. The first kappa shape index (κ1) is 21.5. The van der Waals surface area contributed by atoms with Gasteiger partial charge in [-0.1, -0.05) is 0 Å². The molecule has 1 aliphatic rings. The van der Waals surface area contributed by atoms with Gasteiger partial charge in [0.1, 0.15) is 6.04 Å². The third kappa shape index (κ3) is 4.19. The summed E-state index contributed by atoms with van der Waals surface area (Å²) in [5.74, 6) is -1.13. The van der Waals surface area contributed by atoms with Crippen molar-refractivity contribution in [3.8, 4) is 0 Å². The number of hydrogen-bond donors (Lipinski definition) is 4. The monoisotopic (exact) mass is 437 g/mol. The standard InChI is InChI=1S/C21H27N9O2/c1-11-8-15(14-5-7-30(16(14)9-11)13-4-6-29(3)10-13)25-20-17(19(23)32)27-28-21(26-20)24-12(2)18(22)31/h5,7-9,12-13H,4,6,10H2,1-3H3,(H2,22,31)(H2,23,32)(H2,24,25,26,28)/t12-,13-/m1/s1. The van der Waals surface area contributed by atoms with Crippen LogP contribution in [0.3, 0.4) is 0 Å². The number of aromatic nitrogens is 4. The summed E-state index contributed by atoms with van der Waals surface area (Å²) in [4.78, 5) is 29.9. The maximum atomic E-state index is 11.9. The number of likely N-dealkylation sites (tertiary alicyclic amines) is 1. The lowest BCUT2D eigenvalue weighted by Crippen LogP contribution is -2.33. The molecular formula is C21H27N9O2. The first-order valence-corrected chi connectivity index (χ1v) is 10.4. The van der Waals surface area contributed by atoms with Crippen molar-refractivity contribution in [3.63, 3.8) is 0 Å². The Hall–Kier alpha value is -3.73. The Morgan fingerprint density at radius 1 is 1.25 bits per heavy atom. The van der Waals surface area contributed by atoms with Crippen molar-refractivity contribution in [3.05, 3.63) is 35.7 Å². The van der Waals surface area contributed by atoms with Gasteiger partial charge in [-0.05, 0) is 57.6 Å². The molecule has 3 aromatic rings. The Morgan fingerprint density at radius 2 is 2.03 bits per heavy atom. The van der Waals surface area contributed by atoms with Crippen molar-refractivity contribution < 1.29 is 9.59 Å². The lowest BCUT2D eigenvalue weighted by molar-refractivity contribution is -0.118. The molecule has 6 N–H and O–H groups in total. The van der Waals surface area contributed by atoms with Gasteiger partial charge >= 0.3 is 0 Å². The molecule has 1 aromatic carbocycles. The van der Waals surface area contributed by atoms with E-state index in [2.05, 4.69) is 54.6 Å². The van der Waals surface area contributed by atoms with Crippen molar-refractivity contribution in [2.75, 3.05) is 30.8 Å². The van der Waals surface area contributed by atoms with Crippen molar-refractivity contribution >= 4 is 40.2 Å². The minimum absolute atomic E-state index is 0.0549. The first-order valence-electron chi connectivity index (χ1n) is 10.4. The van der Waals surface area contributed by atoms with Gasteiger partial charge in [-0.3, -0.25) is 9.59 Å². The zero-order valence-electron chi connectivity index (χ0n) is 18.3. The molecule has 1 saturated heterocycles.